The largest absolute Gasteiger partial charge is 0.436 e. The minimum atomic E-state index is -0.960. The molecular weight excluding hydrogens is 450 g/mol. The van der Waals surface area contributed by atoms with Crippen LogP contribution in [0.15, 0.2) is 28.7 Å². The van der Waals surface area contributed by atoms with Gasteiger partial charge in [0, 0.05) is 13.1 Å². The molecule has 1 aliphatic heterocycles. The van der Waals surface area contributed by atoms with Gasteiger partial charge in [-0.1, -0.05) is 51.2 Å². The van der Waals surface area contributed by atoms with E-state index in [9.17, 15) is 14.4 Å². The molecule has 9 nitrogen and oxygen atoms in total. The molecule has 2 aliphatic rings. The van der Waals surface area contributed by atoms with E-state index in [0.717, 1.165) is 19.3 Å². The highest BCUT2D eigenvalue weighted by molar-refractivity contribution is 6.00. The number of nitrogens with zero attached hydrogens (tertiary/aromatic N) is 2. The Morgan fingerprint density at radius 3 is 2.60 bits per heavy atom. The second kappa shape index (κ2) is 12.2. The molecule has 2 aromatic rings. The number of hydrogen-bond donors (Lipinski definition) is 1. The number of amides is 2. The maximum Gasteiger partial charge on any atom is 0.410 e. The van der Waals surface area contributed by atoms with Crippen molar-refractivity contribution in [3.63, 3.8) is 0 Å². The standard InChI is InChI=1S/C26H35N3O6/c1-2-19(23(30)25-28-20-10-6-7-11-21(20)34-25)27-24(31)22(13-12-18-8-4-3-5-9-18)35-26(32)29-14-16-33-17-15-29/h6-7,10-11,18-19,22H,2-5,8-9,12-17H2,1H3,(H,27,31)/t19-,22-/m0/s1. The Hall–Kier alpha value is -2.94. The molecule has 2 atom stereocenters. The van der Waals surface area contributed by atoms with Gasteiger partial charge in [0.1, 0.15) is 5.52 Å². The number of hydrogen-bond acceptors (Lipinski definition) is 7. The molecule has 2 fully saturated rings. The molecule has 0 radical (unpaired) electrons. The molecule has 1 aromatic carbocycles. The van der Waals surface area contributed by atoms with E-state index in [1.54, 1.807) is 23.1 Å². The van der Waals surface area contributed by atoms with E-state index < -0.39 is 29.9 Å². The van der Waals surface area contributed by atoms with Gasteiger partial charge in [0.2, 0.25) is 5.78 Å². The summed E-state index contributed by atoms with van der Waals surface area (Å²) in [4.78, 5) is 44.9. The van der Waals surface area contributed by atoms with Crippen LogP contribution in [0.4, 0.5) is 4.79 Å². The predicted molar refractivity (Wildman–Crippen MR) is 129 cm³/mol. The van der Waals surface area contributed by atoms with Crippen molar-refractivity contribution in [3.05, 3.63) is 30.2 Å². The van der Waals surface area contributed by atoms with E-state index in [1.807, 2.05) is 13.0 Å². The van der Waals surface area contributed by atoms with Crippen molar-refractivity contribution in [2.24, 2.45) is 5.92 Å². The summed E-state index contributed by atoms with van der Waals surface area (Å²) >= 11 is 0. The summed E-state index contributed by atoms with van der Waals surface area (Å²) in [6, 6.07) is 6.31. The SMILES string of the molecule is CC[C@H](NC(=O)[C@H](CCC1CCCCC1)OC(=O)N1CCOCC1)C(=O)c1nc2ccccc2o1. The highest BCUT2D eigenvalue weighted by Gasteiger charge is 2.32. The predicted octanol–water partition coefficient (Wildman–Crippen LogP) is 4.10. The van der Waals surface area contributed by atoms with Crippen LogP contribution in [0.2, 0.25) is 0 Å². The number of morpholine rings is 1. The molecule has 1 N–H and O–H groups in total. The first-order valence-electron chi connectivity index (χ1n) is 12.8. The van der Waals surface area contributed by atoms with Crippen molar-refractivity contribution < 1.29 is 28.3 Å². The van der Waals surface area contributed by atoms with Crippen molar-refractivity contribution >= 4 is 28.9 Å². The van der Waals surface area contributed by atoms with Crippen molar-refractivity contribution in [1.29, 1.82) is 0 Å². The Morgan fingerprint density at radius 1 is 1.14 bits per heavy atom. The fourth-order valence-electron chi connectivity index (χ4n) is 4.79. The molecule has 0 spiro atoms. The number of oxazole rings is 1. The average Bonchev–Trinajstić information content (AvgIpc) is 3.34. The summed E-state index contributed by atoms with van der Waals surface area (Å²) in [7, 11) is 0. The van der Waals surface area contributed by atoms with Gasteiger partial charge in [-0.05, 0) is 37.3 Å². The number of ketones is 1. The Balaban J connectivity index is 1.42. The van der Waals surface area contributed by atoms with Gasteiger partial charge in [-0.15, -0.1) is 0 Å². The fourth-order valence-corrected chi connectivity index (χ4v) is 4.79. The van der Waals surface area contributed by atoms with Crippen LogP contribution in [0.1, 0.15) is 69.0 Å². The van der Waals surface area contributed by atoms with Gasteiger partial charge in [-0.2, -0.15) is 0 Å². The zero-order valence-electron chi connectivity index (χ0n) is 20.4. The van der Waals surface area contributed by atoms with Crippen LogP contribution in [0.3, 0.4) is 0 Å². The number of rotatable bonds is 9. The highest BCUT2D eigenvalue weighted by atomic mass is 16.6. The molecule has 1 aliphatic carbocycles. The third-order valence-electron chi connectivity index (χ3n) is 6.91. The molecule has 0 unspecified atom stereocenters. The molecule has 9 heteroatoms. The Morgan fingerprint density at radius 2 is 1.89 bits per heavy atom. The Kier molecular flexibility index (Phi) is 8.74. The number of fused-ring (bicyclic) bond motifs is 1. The highest BCUT2D eigenvalue weighted by Crippen LogP contribution is 2.28. The summed E-state index contributed by atoms with van der Waals surface area (Å²) in [6.07, 6.45) is 6.05. The first-order valence-corrected chi connectivity index (χ1v) is 12.8. The van der Waals surface area contributed by atoms with E-state index in [1.165, 1.54) is 19.3 Å². The van der Waals surface area contributed by atoms with Gasteiger partial charge in [-0.3, -0.25) is 9.59 Å². The average molecular weight is 486 g/mol. The summed E-state index contributed by atoms with van der Waals surface area (Å²) in [5.74, 6) is -0.367. The summed E-state index contributed by atoms with van der Waals surface area (Å²) in [5.41, 5.74) is 1.10. The fraction of sp³-hybridized carbons (Fsp3) is 0.615. The first kappa shape index (κ1) is 25.2. The lowest BCUT2D eigenvalue weighted by Crippen LogP contribution is -2.49. The molecule has 35 heavy (non-hydrogen) atoms. The number of para-hydroxylation sites is 2. The van der Waals surface area contributed by atoms with Gasteiger partial charge in [0.15, 0.2) is 11.7 Å². The van der Waals surface area contributed by atoms with Crippen LogP contribution < -0.4 is 5.32 Å². The van der Waals surface area contributed by atoms with E-state index in [2.05, 4.69) is 10.3 Å². The molecule has 2 amide bonds. The number of ether oxygens (including phenoxy) is 2. The second-order valence-corrected chi connectivity index (χ2v) is 9.37. The number of benzene rings is 1. The van der Waals surface area contributed by atoms with E-state index in [0.29, 0.717) is 56.2 Å². The molecule has 190 valence electrons. The summed E-state index contributed by atoms with van der Waals surface area (Å²) in [6.45, 7) is 3.57. The lowest BCUT2D eigenvalue weighted by Gasteiger charge is -2.29. The third-order valence-corrected chi connectivity index (χ3v) is 6.91. The van der Waals surface area contributed by atoms with Gasteiger partial charge in [0.05, 0.1) is 19.3 Å². The van der Waals surface area contributed by atoms with Crippen LogP contribution in [0.5, 0.6) is 0 Å². The molecule has 1 aromatic heterocycles. The van der Waals surface area contributed by atoms with E-state index in [-0.39, 0.29) is 5.89 Å². The first-order chi connectivity index (χ1) is 17.0. The van der Waals surface area contributed by atoms with Gasteiger partial charge in [-0.25, -0.2) is 9.78 Å². The van der Waals surface area contributed by atoms with Gasteiger partial charge in [0.25, 0.3) is 11.8 Å². The maximum atomic E-state index is 13.3. The molecule has 0 bridgehead atoms. The maximum absolute atomic E-state index is 13.3. The zero-order chi connectivity index (χ0) is 24.6. The summed E-state index contributed by atoms with van der Waals surface area (Å²) in [5, 5.41) is 2.80. The number of Topliss-reactive ketones (excluding diaryl/α,β-unsaturated/α-hetero) is 1. The van der Waals surface area contributed by atoms with Crippen LogP contribution in [0, 0.1) is 5.92 Å². The second-order valence-electron chi connectivity index (χ2n) is 9.37. The van der Waals surface area contributed by atoms with E-state index >= 15 is 0 Å². The Bertz CT molecular complexity index is 976. The minimum Gasteiger partial charge on any atom is -0.436 e. The van der Waals surface area contributed by atoms with Crippen LogP contribution in [-0.2, 0) is 14.3 Å². The van der Waals surface area contributed by atoms with Gasteiger partial charge >= 0.3 is 6.09 Å². The number of carbonyl (C=O) groups is 3. The molecule has 1 saturated heterocycles. The minimum absolute atomic E-state index is 0.0394. The van der Waals surface area contributed by atoms with Crippen molar-refractivity contribution in [2.45, 2.75) is 70.4 Å². The molecule has 1 saturated carbocycles. The number of carbonyl (C=O) groups excluding carboxylic acids is 3. The topological polar surface area (TPSA) is 111 Å². The van der Waals surface area contributed by atoms with Crippen molar-refractivity contribution in [2.75, 3.05) is 26.3 Å². The quantitative estimate of drug-likeness (QED) is 0.532. The summed E-state index contributed by atoms with van der Waals surface area (Å²) < 4.78 is 16.6. The molecular formula is C26H35N3O6. The van der Waals surface area contributed by atoms with Gasteiger partial charge < -0.3 is 24.1 Å². The zero-order valence-corrected chi connectivity index (χ0v) is 20.4. The lowest BCUT2D eigenvalue weighted by atomic mass is 9.85. The monoisotopic (exact) mass is 485 g/mol. The van der Waals surface area contributed by atoms with Crippen LogP contribution in [0.25, 0.3) is 11.1 Å². The Labute approximate surface area is 205 Å². The third kappa shape index (κ3) is 6.60. The van der Waals surface area contributed by atoms with Crippen LogP contribution in [-0.4, -0.2) is 66.1 Å². The van der Waals surface area contributed by atoms with Crippen molar-refractivity contribution in [3.8, 4) is 0 Å². The normalized spacial score (nSPS) is 18.7. The van der Waals surface area contributed by atoms with E-state index in [4.69, 9.17) is 13.9 Å². The van der Waals surface area contributed by atoms with Crippen molar-refractivity contribution in [1.82, 2.24) is 15.2 Å². The lowest BCUT2D eigenvalue weighted by molar-refractivity contribution is -0.131. The number of nitrogens with one attached hydrogen (secondary N) is 1. The molecule has 4 rings (SSSR count). The molecule has 2 heterocycles. The van der Waals surface area contributed by atoms with Crippen LogP contribution >= 0.6 is 0 Å². The smallest absolute Gasteiger partial charge is 0.410 e. The number of aromatic nitrogens is 1.